The summed E-state index contributed by atoms with van der Waals surface area (Å²) >= 11 is 1.80. The molecule has 0 fully saturated rings. The minimum Gasteiger partial charge on any atom is -0.481 e. The lowest BCUT2D eigenvalue weighted by molar-refractivity contribution is -0.136. The summed E-state index contributed by atoms with van der Waals surface area (Å²) < 4.78 is 0. The molecule has 1 atom stereocenters. The number of allylic oxidation sites excluding steroid dienone is 2. The maximum Gasteiger partial charge on any atom is 0.303 e. The van der Waals surface area contributed by atoms with Gasteiger partial charge in [0.05, 0.1) is 0 Å². The average Bonchev–Trinajstić information content (AvgIpc) is 2.76. The molecule has 1 aliphatic rings. The lowest BCUT2D eigenvalue weighted by Crippen LogP contribution is -1.93. The lowest BCUT2D eigenvalue weighted by atomic mass is 10.1. The molecule has 0 bridgehead atoms. The SMILES string of the molecule is O=C(O)CCC1=CCC(c2ccccc2)S1. The summed E-state index contributed by atoms with van der Waals surface area (Å²) in [5, 5.41) is 9.10. The third-order valence-corrected chi connectivity index (χ3v) is 4.03. The molecule has 1 unspecified atom stereocenters. The molecular formula is C13H14O2S. The zero-order chi connectivity index (χ0) is 11.4. The van der Waals surface area contributed by atoms with E-state index in [2.05, 4.69) is 18.2 Å². The number of carboxylic acids is 1. The fraction of sp³-hybridized carbons (Fsp3) is 0.308. The van der Waals surface area contributed by atoms with Crippen LogP contribution in [-0.4, -0.2) is 11.1 Å². The molecule has 0 aliphatic carbocycles. The summed E-state index contributed by atoms with van der Waals surface area (Å²) in [6, 6.07) is 10.4. The van der Waals surface area contributed by atoms with Crippen LogP contribution in [0.3, 0.4) is 0 Å². The molecule has 1 heterocycles. The van der Waals surface area contributed by atoms with Crippen molar-refractivity contribution in [3.63, 3.8) is 0 Å². The standard InChI is InChI=1S/C13H14O2S/c14-13(15)9-7-11-6-8-12(16-11)10-4-2-1-3-5-10/h1-6,12H,7-9H2,(H,14,15). The van der Waals surface area contributed by atoms with Gasteiger partial charge >= 0.3 is 5.97 Å². The van der Waals surface area contributed by atoms with Crippen molar-refractivity contribution in [2.75, 3.05) is 0 Å². The first-order valence-corrected chi connectivity index (χ1v) is 6.26. The van der Waals surface area contributed by atoms with Gasteiger partial charge in [0.2, 0.25) is 0 Å². The number of thioether (sulfide) groups is 1. The third kappa shape index (κ3) is 2.89. The summed E-state index contributed by atoms with van der Waals surface area (Å²) in [6.07, 6.45) is 4.10. The van der Waals surface area contributed by atoms with Gasteiger partial charge in [-0.15, -0.1) is 11.8 Å². The number of carbonyl (C=O) groups is 1. The van der Waals surface area contributed by atoms with E-state index in [1.54, 1.807) is 11.8 Å². The molecule has 1 aromatic carbocycles. The van der Waals surface area contributed by atoms with E-state index in [9.17, 15) is 4.79 Å². The molecule has 16 heavy (non-hydrogen) atoms. The first-order chi connectivity index (χ1) is 7.75. The molecule has 0 saturated carbocycles. The Morgan fingerprint density at radius 2 is 2.12 bits per heavy atom. The minimum absolute atomic E-state index is 0.236. The van der Waals surface area contributed by atoms with Crippen LogP contribution in [0.25, 0.3) is 0 Å². The van der Waals surface area contributed by atoms with Crippen molar-refractivity contribution < 1.29 is 9.90 Å². The van der Waals surface area contributed by atoms with Crippen molar-refractivity contribution in [3.8, 4) is 0 Å². The highest BCUT2D eigenvalue weighted by atomic mass is 32.2. The lowest BCUT2D eigenvalue weighted by Gasteiger charge is -2.09. The third-order valence-electron chi connectivity index (χ3n) is 2.61. The number of benzene rings is 1. The van der Waals surface area contributed by atoms with Crippen molar-refractivity contribution in [2.45, 2.75) is 24.5 Å². The molecule has 0 amide bonds. The predicted octanol–water partition coefficient (Wildman–Crippen LogP) is 3.61. The van der Waals surface area contributed by atoms with Crippen molar-refractivity contribution >= 4 is 17.7 Å². The van der Waals surface area contributed by atoms with Crippen LogP contribution in [-0.2, 0) is 4.79 Å². The summed E-state index contributed by atoms with van der Waals surface area (Å²) in [5.74, 6) is -0.718. The van der Waals surface area contributed by atoms with E-state index < -0.39 is 5.97 Å². The van der Waals surface area contributed by atoms with Gasteiger partial charge in [0.15, 0.2) is 0 Å². The Bertz CT molecular complexity index is 398. The maximum atomic E-state index is 10.5. The van der Waals surface area contributed by atoms with Crippen LogP contribution < -0.4 is 0 Å². The highest BCUT2D eigenvalue weighted by Crippen LogP contribution is 2.45. The fourth-order valence-corrected chi connectivity index (χ4v) is 3.04. The van der Waals surface area contributed by atoms with Gasteiger partial charge in [-0.3, -0.25) is 4.79 Å². The minimum atomic E-state index is -0.718. The van der Waals surface area contributed by atoms with Crippen LogP contribution in [0.2, 0.25) is 0 Å². The zero-order valence-corrected chi connectivity index (χ0v) is 9.74. The number of hydrogen-bond donors (Lipinski definition) is 1. The van der Waals surface area contributed by atoms with Gasteiger partial charge < -0.3 is 5.11 Å². The van der Waals surface area contributed by atoms with Gasteiger partial charge in [-0.25, -0.2) is 0 Å². The topological polar surface area (TPSA) is 37.3 Å². The van der Waals surface area contributed by atoms with E-state index >= 15 is 0 Å². The monoisotopic (exact) mass is 234 g/mol. The Balaban J connectivity index is 1.89. The average molecular weight is 234 g/mol. The highest BCUT2D eigenvalue weighted by Gasteiger charge is 2.19. The Morgan fingerprint density at radius 3 is 2.81 bits per heavy atom. The number of carboxylic acid groups (broad SMARTS) is 1. The first kappa shape index (κ1) is 11.3. The molecule has 1 N–H and O–H groups in total. The first-order valence-electron chi connectivity index (χ1n) is 5.38. The highest BCUT2D eigenvalue weighted by molar-refractivity contribution is 8.03. The van der Waals surface area contributed by atoms with Crippen LogP contribution in [0.5, 0.6) is 0 Å². The Hall–Kier alpha value is -1.22. The summed E-state index contributed by atoms with van der Waals surface area (Å²) in [5.41, 5.74) is 1.33. The quantitative estimate of drug-likeness (QED) is 0.864. The molecule has 0 spiro atoms. The normalized spacial score (nSPS) is 19.5. The molecule has 2 rings (SSSR count). The molecule has 1 aromatic rings. The van der Waals surface area contributed by atoms with Gasteiger partial charge in [0, 0.05) is 11.7 Å². The van der Waals surface area contributed by atoms with E-state index in [1.165, 1.54) is 10.5 Å². The second-order valence-electron chi connectivity index (χ2n) is 3.82. The molecular weight excluding hydrogens is 220 g/mol. The fourth-order valence-electron chi connectivity index (χ4n) is 1.78. The maximum absolute atomic E-state index is 10.5. The summed E-state index contributed by atoms with van der Waals surface area (Å²) in [6.45, 7) is 0. The molecule has 1 aliphatic heterocycles. The smallest absolute Gasteiger partial charge is 0.303 e. The van der Waals surface area contributed by atoms with E-state index in [0.29, 0.717) is 11.7 Å². The Morgan fingerprint density at radius 1 is 1.38 bits per heavy atom. The summed E-state index contributed by atoms with van der Waals surface area (Å²) in [7, 11) is 0. The number of aliphatic carboxylic acids is 1. The predicted molar refractivity (Wildman–Crippen MR) is 66.3 cm³/mol. The van der Waals surface area contributed by atoms with Crippen LogP contribution in [0.1, 0.15) is 30.1 Å². The van der Waals surface area contributed by atoms with Crippen molar-refractivity contribution in [3.05, 3.63) is 46.9 Å². The Labute approximate surface area is 99.4 Å². The second-order valence-corrected chi connectivity index (χ2v) is 5.15. The van der Waals surface area contributed by atoms with Crippen LogP contribution in [0.4, 0.5) is 0 Å². The molecule has 0 aromatic heterocycles. The molecule has 3 heteroatoms. The van der Waals surface area contributed by atoms with Crippen molar-refractivity contribution in [2.24, 2.45) is 0 Å². The van der Waals surface area contributed by atoms with Gasteiger partial charge in [-0.2, -0.15) is 0 Å². The molecule has 2 nitrogen and oxygen atoms in total. The zero-order valence-electron chi connectivity index (χ0n) is 8.93. The van der Waals surface area contributed by atoms with Gasteiger partial charge in [0.25, 0.3) is 0 Å². The van der Waals surface area contributed by atoms with Gasteiger partial charge in [-0.05, 0) is 23.3 Å². The number of rotatable bonds is 4. The second kappa shape index (κ2) is 5.21. The van der Waals surface area contributed by atoms with Crippen LogP contribution >= 0.6 is 11.8 Å². The molecule has 0 saturated heterocycles. The van der Waals surface area contributed by atoms with Crippen LogP contribution in [0.15, 0.2) is 41.3 Å². The van der Waals surface area contributed by atoms with E-state index in [0.717, 1.165) is 6.42 Å². The molecule has 0 radical (unpaired) electrons. The van der Waals surface area contributed by atoms with E-state index in [-0.39, 0.29) is 6.42 Å². The summed E-state index contributed by atoms with van der Waals surface area (Å²) in [4.78, 5) is 11.7. The van der Waals surface area contributed by atoms with Crippen LogP contribution in [0, 0.1) is 0 Å². The Kier molecular flexibility index (Phi) is 3.67. The van der Waals surface area contributed by atoms with Crippen molar-refractivity contribution in [1.82, 2.24) is 0 Å². The number of hydrogen-bond acceptors (Lipinski definition) is 2. The van der Waals surface area contributed by atoms with E-state index in [1.807, 2.05) is 18.2 Å². The largest absolute Gasteiger partial charge is 0.481 e. The van der Waals surface area contributed by atoms with Gasteiger partial charge in [-0.1, -0.05) is 36.4 Å². The van der Waals surface area contributed by atoms with Gasteiger partial charge in [0.1, 0.15) is 0 Å². The van der Waals surface area contributed by atoms with Crippen molar-refractivity contribution in [1.29, 1.82) is 0 Å². The molecule has 84 valence electrons. The van der Waals surface area contributed by atoms with E-state index in [4.69, 9.17) is 5.11 Å².